The lowest BCUT2D eigenvalue weighted by molar-refractivity contribution is 0.669. The zero-order chi connectivity index (χ0) is 29.6. The maximum absolute atomic E-state index is 6.88. The van der Waals surface area contributed by atoms with Gasteiger partial charge in [-0.3, -0.25) is 0 Å². The fraction of sp³-hybridized carbons (Fsp3) is 0.0233. The van der Waals surface area contributed by atoms with Crippen LogP contribution in [0.3, 0.4) is 0 Å². The summed E-state index contributed by atoms with van der Waals surface area (Å²) in [4.78, 5) is 0. The Morgan fingerprint density at radius 2 is 0.933 bits per heavy atom. The van der Waals surface area contributed by atoms with E-state index in [2.05, 4.69) is 134 Å². The van der Waals surface area contributed by atoms with Crippen molar-refractivity contribution in [3.8, 4) is 22.3 Å². The molecule has 8 aromatic carbocycles. The summed E-state index contributed by atoms with van der Waals surface area (Å²) in [5.41, 5.74) is 9.61. The maximum atomic E-state index is 6.88. The number of benzene rings is 8. The molecule has 10 rings (SSSR count). The molecule has 0 atom stereocenters. The number of hydrogen-bond acceptors (Lipinski definition) is 2. The molecule has 0 radical (unpaired) electrons. The van der Waals surface area contributed by atoms with Gasteiger partial charge in [0.1, 0.15) is 22.3 Å². The van der Waals surface area contributed by atoms with Crippen molar-refractivity contribution in [3.05, 3.63) is 145 Å². The van der Waals surface area contributed by atoms with Gasteiger partial charge in [-0.2, -0.15) is 0 Å². The van der Waals surface area contributed by atoms with Gasteiger partial charge < -0.3 is 8.83 Å². The van der Waals surface area contributed by atoms with Gasteiger partial charge in [0.05, 0.1) is 0 Å². The van der Waals surface area contributed by atoms with Crippen LogP contribution in [0.2, 0.25) is 0 Å². The summed E-state index contributed by atoms with van der Waals surface area (Å²) in [6, 6.07) is 50.0. The SMILES string of the molecule is Cc1ccc(-c2c3ccccc3c(-c3cc4ccc5oc6ccccc6c5c4c4c3oc3ccccc34)c3ccccc23)cc1. The van der Waals surface area contributed by atoms with E-state index in [0.717, 1.165) is 49.4 Å². The standard InChI is InChI=1S/C43H26O2/c1-25-18-20-26(21-19-25)38-28-10-2-4-12-30(28)40(31-13-5-3-11-29(31)38)34-24-27-22-23-37-41(32-14-6-8-16-35(32)44-37)39(27)42-33-15-7-9-17-36(33)45-43(34)42/h2-24H,1H3. The fourth-order valence-corrected chi connectivity index (χ4v) is 7.56. The Morgan fingerprint density at radius 1 is 0.400 bits per heavy atom. The smallest absolute Gasteiger partial charge is 0.143 e. The number of aryl methyl sites for hydroxylation is 1. The topological polar surface area (TPSA) is 26.3 Å². The van der Waals surface area contributed by atoms with E-state index in [9.17, 15) is 0 Å². The van der Waals surface area contributed by atoms with E-state index in [-0.39, 0.29) is 0 Å². The van der Waals surface area contributed by atoms with Crippen molar-refractivity contribution in [2.75, 3.05) is 0 Å². The molecule has 0 saturated heterocycles. The third-order valence-electron chi connectivity index (χ3n) is 9.51. The molecule has 45 heavy (non-hydrogen) atoms. The fourth-order valence-electron chi connectivity index (χ4n) is 7.56. The zero-order valence-corrected chi connectivity index (χ0v) is 24.6. The molecule has 0 N–H and O–H groups in total. The van der Waals surface area contributed by atoms with Crippen LogP contribution < -0.4 is 0 Å². The normalized spacial score (nSPS) is 12.1. The third-order valence-corrected chi connectivity index (χ3v) is 9.51. The van der Waals surface area contributed by atoms with Crippen LogP contribution in [0.25, 0.3) is 98.4 Å². The highest BCUT2D eigenvalue weighted by Crippen LogP contribution is 2.50. The molecule has 2 heteroatoms. The Morgan fingerprint density at radius 3 is 1.58 bits per heavy atom. The molecule has 0 spiro atoms. The Labute approximate surface area is 258 Å². The average Bonchev–Trinajstić information content (AvgIpc) is 3.67. The van der Waals surface area contributed by atoms with Gasteiger partial charge in [0.15, 0.2) is 0 Å². The van der Waals surface area contributed by atoms with Gasteiger partial charge in [0.25, 0.3) is 0 Å². The summed E-state index contributed by atoms with van der Waals surface area (Å²) in [6.07, 6.45) is 0. The number of fused-ring (bicyclic) bond motifs is 11. The van der Waals surface area contributed by atoms with Crippen molar-refractivity contribution in [1.29, 1.82) is 0 Å². The number of furan rings is 2. The highest BCUT2D eigenvalue weighted by molar-refractivity contribution is 6.34. The van der Waals surface area contributed by atoms with Crippen molar-refractivity contribution in [2.24, 2.45) is 0 Å². The number of hydrogen-bond donors (Lipinski definition) is 0. The molecule has 210 valence electrons. The lowest BCUT2D eigenvalue weighted by atomic mass is 9.84. The monoisotopic (exact) mass is 574 g/mol. The minimum absolute atomic E-state index is 0.885. The van der Waals surface area contributed by atoms with E-state index in [1.165, 1.54) is 54.6 Å². The highest BCUT2D eigenvalue weighted by atomic mass is 16.3. The van der Waals surface area contributed by atoms with E-state index < -0.39 is 0 Å². The van der Waals surface area contributed by atoms with Gasteiger partial charge >= 0.3 is 0 Å². The summed E-state index contributed by atoms with van der Waals surface area (Å²) in [5.74, 6) is 0. The molecule has 0 saturated carbocycles. The van der Waals surface area contributed by atoms with Crippen molar-refractivity contribution < 1.29 is 8.83 Å². The van der Waals surface area contributed by atoms with Crippen molar-refractivity contribution in [3.63, 3.8) is 0 Å². The maximum Gasteiger partial charge on any atom is 0.143 e. The van der Waals surface area contributed by atoms with Gasteiger partial charge in [-0.25, -0.2) is 0 Å². The van der Waals surface area contributed by atoms with Crippen molar-refractivity contribution >= 4 is 76.2 Å². The first-order chi connectivity index (χ1) is 22.2. The molecule has 0 amide bonds. The van der Waals surface area contributed by atoms with Gasteiger partial charge in [0.2, 0.25) is 0 Å². The molecular formula is C43H26O2. The van der Waals surface area contributed by atoms with Crippen LogP contribution in [0.5, 0.6) is 0 Å². The summed E-state index contributed by atoms with van der Waals surface area (Å²) in [5, 5.41) is 11.7. The molecule has 2 heterocycles. The second-order valence-electron chi connectivity index (χ2n) is 12.1. The molecule has 0 fully saturated rings. The summed E-state index contributed by atoms with van der Waals surface area (Å²) in [7, 11) is 0. The summed E-state index contributed by atoms with van der Waals surface area (Å²) < 4.78 is 13.2. The second kappa shape index (κ2) is 9.07. The van der Waals surface area contributed by atoms with E-state index in [0.29, 0.717) is 0 Å². The van der Waals surface area contributed by atoms with E-state index in [1.807, 2.05) is 12.1 Å². The molecule has 0 aliphatic rings. The van der Waals surface area contributed by atoms with Crippen LogP contribution in [0.4, 0.5) is 0 Å². The number of rotatable bonds is 2. The van der Waals surface area contributed by atoms with Crippen LogP contribution in [-0.4, -0.2) is 0 Å². The van der Waals surface area contributed by atoms with E-state index >= 15 is 0 Å². The quantitative estimate of drug-likeness (QED) is 0.192. The van der Waals surface area contributed by atoms with Gasteiger partial charge in [-0.15, -0.1) is 0 Å². The third kappa shape index (κ3) is 3.39. The lowest BCUT2D eigenvalue weighted by Crippen LogP contribution is -1.92. The molecule has 0 aliphatic heterocycles. The first-order valence-electron chi connectivity index (χ1n) is 15.4. The van der Waals surface area contributed by atoms with E-state index in [4.69, 9.17) is 8.83 Å². The predicted octanol–water partition coefficient (Wildman–Crippen LogP) is 12.6. The van der Waals surface area contributed by atoms with Crippen LogP contribution in [0, 0.1) is 6.92 Å². The van der Waals surface area contributed by atoms with Crippen LogP contribution in [0.15, 0.2) is 148 Å². The first-order valence-corrected chi connectivity index (χ1v) is 15.4. The highest BCUT2D eigenvalue weighted by Gasteiger charge is 2.23. The van der Waals surface area contributed by atoms with Crippen LogP contribution >= 0.6 is 0 Å². The Hall–Kier alpha value is -5.86. The lowest BCUT2D eigenvalue weighted by Gasteiger charge is -2.18. The molecule has 0 aliphatic carbocycles. The van der Waals surface area contributed by atoms with E-state index in [1.54, 1.807) is 0 Å². The molecule has 0 unspecified atom stereocenters. The van der Waals surface area contributed by atoms with Gasteiger partial charge in [-0.05, 0) is 69.2 Å². The largest absolute Gasteiger partial charge is 0.456 e. The summed E-state index contributed by atoms with van der Waals surface area (Å²) in [6.45, 7) is 2.14. The van der Waals surface area contributed by atoms with Crippen molar-refractivity contribution in [1.82, 2.24) is 0 Å². The summed E-state index contributed by atoms with van der Waals surface area (Å²) >= 11 is 0. The Bertz CT molecular complexity index is 2750. The average molecular weight is 575 g/mol. The van der Waals surface area contributed by atoms with Crippen LogP contribution in [0.1, 0.15) is 5.56 Å². The minimum atomic E-state index is 0.885. The van der Waals surface area contributed by atoms with Crippen LogP contribution in [-0.2, 0) is 0 Å². The van der Waals surface area contributed by atoms with Gasteiger partial charge in [0, 0.05) is 38.1 Å². The number of para-hydroxylation sites is 2. The van der Waals surface area contributed by atoms with Gasteiger partial charge in [-0.1, -0.05) is 121 Å². The molecule has 0 bridgehead atoms. The Kier molecular flexibility index (Phi) is 4.95. The van der Waals surface area contributed by atoms with Crippen molar-refractivity contribution in [2.45, 2.75) is 6.92 Å². The zero-order valence-electron chi connectivity index (χ0n) is 24.6. The molecule has 2 nitrogen and oxygen atoms in total. The first kappa shape index (κ1) is 24.6. The molecule has 2 aromatic heterocycles. The second-order valence-corrected chi connectivity index (χ2v) is 12.1. The predicted molar refractivity (Wildman–Crippen MR) is 189 cm³/mol. The molecule has 10 aromatic rings. The molecular weight excluding hydrogens is 548 g/mol. The minimum Gasteiger partial charge on any atom is -0.456 e. The Balaban J connectivity index is 1.43.